The molecule has 0 radical (unpaired) electrons. The van der Waals surface area contributed by atoms with E-state index in [1.807, 2.05) is 24.3 Å². The number of anilines is 2. The normalized spacial score (nSPS) is 15.2. The van der Waals surface area contributed by atoms with Crippen LogP contribution >= 0.6 is 11.6 Å². The van der Waals surface area contributed by atoms with Gasteiger partial charge in [0.1, 0.15) is 23.4 Å². The maximum absolute atomic E-state index is 13.0. The summed E-state index contributed by atoms with van der Waals surface area (Å²) in [6.45, 7) is 0. The van der Waals surface area contributed by atoms with Gasteiger partial charge in [-0.05, 0) is 24.3 Å². The first kappa shape index (κ1) is 19.8. The quantitative estimate of drug-likeness (QED) is 0.648. The van der Waals surface area contributed by atoms with Crippen LogP contribution in [-0.4, -0.2) is 35.8 Å². The van der Waals surface area contributed by atoms with E-state index in [-0.39, 0.29) is 18.2 Å². The van der Waals surface area contributed by atoms with Gasteiger partial charge in [-0.2, -0.15) is 5.10 Å². The van der Waals surface area contributed by atoms with Gasteiger partial charge in [-0.25, -0.2) is 4.68 Å². The van der Waals surface area contributed by atoms with Gasteiger partial charge in [-0.3, -0.25) is 9.59 Å². The van der Waals surface area contributed by atoms with E-state index >= 15 is 0 Å². The molecule has 2 aromatic carbocycles. The van der Waals surface area contributed by atoms with Crippen molar-refractivity contribution in [3.63, 3.8) is 0 Å². The summed E-state index contributed by atoms with van der Waals surface area (Å²) in [6.07, 6.45) is 1.58. The highest BCUT2D eigenvalue weighted by molar-refractivity contribution is 6.32. The number of amides is 2. The van der Waals surface area contributed by atoms with Crippen molar-refractivity contribution in [2.24, 2.45) is 0 Å². The predicted molar refractivity (Wildman–Crippen MR) is 113 cm³/mol. The number of para-hydroxylation sites is 1. The van der Waals surface area contributed by atoms with Crippen molar-refractivity contribution in [1.82, 2.24) is 9.78 Å². The van der Waals surface area contributed by atoms with Crippen molar-refractivity contribution >= 4 is 34.9 Å². The molecule has 0 saturated carbocycles. The van der Waals surface area contributed by atoms with E-state index < -0.39 is 6.04 Å². The first-order valence-electron chi connectivity index (χ1n) is 9.17. The molecule has 1 aromatic heterocycles. The third-order valence-electron chi connectivity index (χ3n) is 4.85. The number of ether oxygens (including phenoxy) is 2. The number of carbonyl (C=O) groups is 2. The number of nitrogens with one attached hydrogen (secondary N) is 2. The van der Waals surface area contributed by atoms with Crippen molar-refractivity contribution in [3.05, 3.63) is 53.7 Å². The molecule has 1 aliphatic rings. The summed E-state index contributed by atoms with van der Waals surface area (Å²) in [6, 6.07) is 11.5. The fourth-order valence-electron chi connectivity index (χ4n) is 3.41. The zero-order chi connectivity index (χ0) is 21.3. The summed E-state index contributed by atoms with van der Waals surface area (Å²) in [4.78, 5) is 25.3. The largest absolute Gasteiger partial charge is 0.496 e. The van der Waals surface area contributed by atoms with Crippen LogP contribution in [0, 0.1) is 0 Å². The average Bonchev–Trinajstić information content (AvgIpc) is 3.16. The second kappa shape index (κ2) is 8.08. The molecule has 0 aliphatic carbocycles. The Bertz CT molecular complexity index is 1130. The second-order valence-corrected chi connectivity index (χ2v) is 7.07. The molecular formula is C21H19ClN4O4. The molecule has 30 heavy (non-hydrogen) atoms. The first-order valence-corrected chi connectivity index (χ1v) is 9.54. The summed E-state index contributed by atoms with van der Waals surface area (Å²) in [5.74, 6) is 0.947. The molecule has 2 N–H and O–H groups in total. The number of methoxy groups -OCH3 is 2. The molecule has 3 aromatic rings. The Kier molecular flexibility index (Phi) is 5.33. The number of fused-ring (bicyclic) bond motifs is 1. The molecule has 1 atom stereocenters. The Balaban J connectivity index is 1.66. The number of benzene rings is 2. The number of carbonyl (C=O) groups excluding carboxylic acids is 2. The van der Waals surface area contributed by atoms with Crippen molar-refractivity contribution < 1.29 is 19.1 Å². The summed E-state index contributed by atoms with van der Waals surface area (Å²) in [5, 5.41) is 10.4. The zero-order valence-corrected chi connectivity index (χ0v) is 17.1. The molecular weight excluding hydrogens is 408 g/mol. The van der Waals surface area contributed by atoms with Crippen LogP contribution in [0.2, 0.25) is 5.02 Å². The van der Waals surface area contributed by atoms with Gasteiger partial charge < -0.3 is 20.1 Å². The van der Waals surface area contributed by atoms with E-state index in [1.165, 1.54) is 11.8 Å². The molecule has 0 fully saturated rings. The number of nitrogens with zero attached hydrogens (tertiary/aromatic N) is 2. The van der Waals surface area contributed by atoms with Crippen LogP contribution in [-0.2, 0) is 9.59 Å². The van der Waals surface area contributed by atoms with Crippen LogP contribution in [0.3, 0.4) is 0 Å². The van der Waals surface area contributed by atoms with Gasteiger partial charge in [0.05, 0.1) is 31.9 Å². The highest BCUT2D eigenvalue weighted by Crippen LogP contribution is 2.38. The first-order chi connectivity index (χ1) is 14.5. The van der Waals surface area contributed by atoms with Gasteiger partial charge in [0.25, 0.3) is 0 Å². The number of hydrogen-bond acceptors (Lipinski definition) is 5. The smallest absolute Gasteiger partial charge is 0.249 e. The van der Waals surface area contributed by atoms with Crippen molar-refractivity contribution in [2.75, 3.05) is 24.9 Å². The lowest BCUT2D eigenvalue weighted by Gasteiger charge is -2.25. The molecule has 2 heterocycles. The molecule has 0 bridgehead atoms. The van der Waals surface area contributed by atoms with E-state index in [1.54, 1.807) is 31.5 Å². The Labute approximate surface area is 177 Å². The van der Waals surface area contributed by atoms with Crippen LogP contribution in [0.25, 0.3) is 11.1 Å². The van der Waals surface area contributed by atoms with Crippen LogP contribution in [0.15, 0.2) is 48.7 Å². The van der Waals surface area contributed by atoms with Gasteiger partial charge in [0, 0.05) is 16.8 Å². The molecule has 1 aliphatic heterocycles. The minimum Gasteiger partial charge on any atom is -0.496 e. The van der Waals surface area contributed by atoms with Crippen LogP contribution in [0.4, 0.5) is 11.5 Å². The Morgan fingerprint density at radius 1 is 1.17 bits per heavy atom. The Morgan fingerprint density at radius 3 is 2.67 bits per heavy atom. The van der Waals surface area contributed by atoms with Crippen molar-refractivity contribution in [1.29, 1.82) is 0 Å². The molecule has 2 amide bonds. The topological polar surface area (TPSA) is 94.5 Å². The van der Waals surface area contributed by atoms with E-state index in [0.29, 0.717) is 33.6 Å². The molecule has 154 valence electrons. The van der Waals surface area contributed by atoms with Crippen LogP contribution in [0.1, 0.15) is 12.5 Å². The number of aromatic nitrogens is 2. The molecule has 0 spiro atoms. The number of hydrogen-bond donors (Lipinski definition) is 2. The third kappa shape index (κ3) is 3.57. The lowest BCUT2D eigenvalue weighted by atomic mass is 10.1. The zero-order valence-electron chi connectivity index (χ0n) is 16.3. The van der Waals surface area contributed by atoms with Gasteiger partial charge in [-0.15, -0.1) is 0 Å². The third-order valence-corrected chi connectivity index (χ3v) is 5.14. The van der Waals surface area contributed by atoms with Crippen LogP contribution in [0.5, 0.6) is 11.5 Å². The monoisotopic (exact) mass is 426 g/mol. The van der Waals surface area contributed by atoms with Gasteiger partial charge in [0.15, 0.2) is 0 Å². The molecule has 4 rings (SSSR count). The molecule has 0 saturated heterocycles. The summed E-state index contributed by atoms with van der Waals surface area (Å²) in [7, 11) is 3.09. The standard InChI is InChI=1S/C21H19ClN4O4/c1-29-17-6-4-3-5-13(17)14-11-23-26-16(10-19(27)25-20(14)26)21(28)24-12-7-8-18(30-2)15(22)9-12/h3-9,11,16H,10H2,1-2H3,(H,24,28)(H,25,27). The Hall–Kier alpha value is -3.52. The van der Waals surface area contributed by atoms with E-state index in [0.717, 1.165) is 5.56 Å². The Morgan fingerprint density at radius 2 is 1.93 bits per heavy atom. The maximum Gasteiger partial charge on any atom is 0.249 e. The minimum absolute atomic E-state index is 0.0320. The molecule has 8 nitrogen and oxygen atoms in total. The minimum atomic E-state index is -0.807. The summed E-state index contributed by atoms with van der Waals surface area (Å²) in [5.41, 5.74) is 1.94. The summed E-state index contributed by atoms with van der Waals surface area (Å²) < 4.78 is 12.1. The lowest BCUT2D eigenvalue weighted by molar-refractivity contribution is -0.125. The van der Waals surface area contributed by atoms with Gasteiger partial charge in [0.2, 0.25) is 11.8 Å². The number of rotatable bonds is 5. The van der Waals surface area contributed by atoms with Crippen molar-refractivity contribution in [3.8, 4) is 22.6 Å². The van der Waals surface area contributed by atoms with Crippen LogP contribution < -0.4 is 20.1 Å². The highest BCUT2D eigenvalue weighted by atomic mass is 35.5. The SMILES string of the molecule is COc1ccc(NC(=O)C2CC(=O)Nc3c(-c4ccccc4OC)cnn32)cc1Cl. The maximum atomic E-state index is 13.0. The van der Waals surface area contributed by atoms with Gasteiger partial charge in [-0.1, -0.05) is 29.8 Å². The molecule has 9 heteroatoms. The second-order valence-electron chi connectivity index (χ2n) is 6.66. The van der Waals surface area contributed by atoms with E-state index in [2.05, 4.69) is 15.7 Å². The predicted octanol–water partition coefficient (Wildman–Crippen LogP) is 3.74. The highest BCUT2D eigenvalue weighted by Gasteiger charge is 2.33. The number of halogens is 1. The molecule has 1 unspecified atom stereocenters. The fraction of sp³-hybridized carbons (Fsp3) is 0.190. The van der Waals surface area contributed by atoms with Gasteiger partial charge >= 0.3 is 0 Å². The van der Waals surface area contributed by atoms with E-state index in [4.69, 9.17) is 21.1 Å². The lowest BCUT2D eigenvalue weighted by Crippen LogP contribution is -2.35. The average molecular weight is 427 g/mol. The fourth-order valence-corrected chi connectivity index (χ4v) is 3.66. The van der Waals surface area contributed by atoms with Crippen molar-refractivity contribution in [2.45, 2.75) is 12.5 Å². The van der Waals surface area contributed by atoms with E-state index in [9.17, 15) is 9.59 Å². The summed E-state index contributed by atoms with van der Waals surface area (Å²) >= 11 is 6.13.